The van der Waals surface area contributed by atoms with Gasteiger partial charge in [0.25, 0.3) is 0 Å². The Labute approximate surface area is 162 Å². The Morgan fingerprint density at radius 1 is 1.04 bits per heavy atom. The van der Waals surface area contributed by atoms with Gasteiger partial charge in [0.05, 0.1) is 11.1 Å². The minimum Gasteiger partial charge on any atom is -0.452 e. The fourth-order valence-electron chi connectivity index (χ4n) is 3.11. The SMILES string of the molecule is Cc1ccccc1C(=O)Oc1cc(C)c2c(c1)O/C(=C\c1ccncc1)C2=O. The number of rotatable bonds is 3. The Hall–Kier alpha value is -3.73. The Morgan fingerprint density at radius 3 is 2.54 bits per heavy atom. The van der Waals surface area contributed by atoms with Crippen molar-refractivity contribution < 1.29 is 19.1 Å². The number of carbonyl (C=O) groups is 2. The van der Waals surface area contributed by atoms with Crippen molar-refractivity contribution in [3.05, 3.63) is 94.5 Å². The molecule has 0 fully saturated rings. The molecule has 5 nitrogen and oxygen atoms in total. The van der Waals surface area contributed by atoms with Gasteiger partial charge in [-0.15, -0.1) is 0 Å². The Balaban J connectivity index is 1.63. The van der Waals surface area contributed by atoms with Crippen LogP contribution in [0.15, 0.2) is 66.7 Å². The van der Waals surface area contributed by atoms with Crippen LogP contribution in [0.25, 0.3) is 6.08 Å². The van der Waals surface area contributed by atoms with Gasteiger partial charge in [0.1, 0.15) is 11.5 Å². The van der Waals surface area contributed by atoms with Crippen LogP contribution < -0.4 is 9.47 Å². The van der Waals surface area contributed by atoms with E-state index in [1.807, 2.05) is 19.1 Å². The average Bonchev–Trinajstić information content (AvgIpc) is 2.98. The molecule has 1 aliphatic heterocycles. The molecule has 1 aliphatic rings. The van der Waals surface area contributed by atoms with Crippen LogP contribution in [0.4, 0.5) is 0 Å². The molecule has 2 aromatic carbocycles. The van der Waals surface area contributed by atoms with Gasteiger partial charge < -0.3 is 9.47 Å². The largest absolute Gasteiger partial charge is 0.452 e. The first-order chi connectivity index (χ1) is 13.5. The Morgan fingerprint density at radius 2 is 1.79 bits per heavy atom. The number of hydrogen-bond acceptors (Lipinski definition) is 5. The molecule has 0 saturated carbocycles. The summed E-state index contributed by atoms with van der Waals surface area (Å²) in [6.45, 7) is 3.64. The van der Waals surface area contributed by atoms with E-state index in [9.17, 15) is 9.59 Å². The van der Waals surface area contributed by atoms with Crippen LogP contribution in [0.3, 0.4) is 0 Å². The minimum atomic E-state index is -0.450. The number of ketones is 1. The molecule has 5 heteroatoms. The van der Waals surface area contributed by atoms with E-state index >= 15 is 0 Å². The maximum Gasteiger partial charge on any atom is 0.343 e. The molecule has 0 radical (unpaired) electrons. The van der Waals surface area contributed by atoms with E-state index in [0.717, 1.165) is 11.1 Å². The lowest BCUT2D eigenvalue weighted by molar-refractivity contribution is 0.0733. The van der Waals surface area contributed by atoms with E-state index in [0.29, 0.717) is 28.2 Å². The number of hydrogen-bond donors (Lipinski definition) is 0. The molecule has 0 bridgehead atoms. The van der Waals surface area contributed by atoms with Gasteiger partial charge in [-0.2, -0.15) is 0 Å². The maximum absolute atomic E-state index is 12.7. The van der Waals surface area contributed by atoms with Crippen LogP contribution in [0.5, 0.6) is 11.5 Å². The Bertz CT molecular complexity index is 1120. The molecule has 28 heavy (non-hydrogen) atoms. The van der Waals surface area contributed by atoms with Crippen LogP contribution in [-0.2, 0) is 0 Å². The van der Waals surface area contributed by atoms with Crippen molar-refractivity contribution in [1.29, 1.82) is 0 Å². The lowest BCUT2D eigenvalue weighted by Crippen LogP contribution is -2.10. The second kappa shape index (κ2) is 7.12. The van der Waals surface area contributed by atoms with E-state index in [1.165, 1.54) is 0 Å². The van der Waals surface area contributed by atoms with Crippen molar-refractivity contribution in [2.45, 2.75) is 13.8 Å². The number of esters is 1. The summed E-state index contributed by atoms with van der Waals surface area (Å²) in [4.78, 5) is 29.1. The second-order valence-electron chi connectivity index (χ2n) is 6.54. The molecule has 138 valence electrons. The predicted octanol–water partition coefficient (Wildman–Crippen LogP) is 4.53. The first-order valence-electron chi connectivity index (χ1n) is 8.79. The van der Waals surface area contributed by atoms with Crippen LogP contribution >= 0.6 is 0 Å². The molecule has 0 amide bonds. The summed E-state index contributed by atoms with van der Waals surface area (Å²) in [7, 11) is 0. The zero-order valence-corrected chi connectivity index (χ0v) is 15.4. The molecule has 0 saturated heterocycles. The van der Waals surface area contributed by atoms with Gasteiger partial charge in [-0.05, 0) is 60.9 Å². The number of allylic oxidation sites excluding steroid dienone is 1. The molecule has 0 spiro atoms. The molecule has 2 heterocycles. The summed E-state index contributed by atoms with van der Waals surface area (Å²) in [5.74, 6) is 0.308. The van der Waals surface area contributed by atoms with Crippen molar-refractivity contribution >= 4 is 17.8 Å². The van der Waals surface area contributed by atoms with E-state index in [1.54, 1.807) is 61.8 Å². The van der Waals surface area contributed by atoms with Crippen molar-refractivity contribution in [3.8, 4) is 11.5 Å². The highest BCUT2D eigenvalue weighted by Crippen LogP contribution is 2.37. The number of Topliss-reactive ketones (excluding diaryl/α,β-unsaturated/α-hetero) is 1. The van der Waals surface area contributed by atoms with Gasteiger partial charge >= 0.3 is 5.97 Å². The Kier molecular flexibility index (Phi) is 4.49. The number of benzene rings is 2. The smallest absolute Gasteiger partial charge is 0.343 e. The average molecular weight is 371 g/mol. The summed E-state index contributed by atoms with van der Waals surface area (Å²) in [6, 6.07) is 14.0. The maximum atomic E-state index is 12.7. The standard InChI is InChI=1S/C23H17NO4/c1-14-5-3-4-6-18(14)23(26)27-17-11-15(2)21-19(13-17)28-20(22(21)25)12-16-7-9-24-10-8-16/h3-13H,1-2H3/b20-12-. The normalized spacial score (nSPS) is 13.9. The third-order valence-corrected chi connectivity index (χ3v) is 4.52. The number of pyridine rings is 1. The minimum absolute atomic E-state index is 0.193. The van der Waals surface area contributed by atoms with Crippen molar-refractivity contribution in [3.63, 3.8) is 0 Å². The number of aromatic nitrogens is 1. The summed E-state index contributed by atoms with van der Waals surface area (Å²) in [5, 5.41) is 0. The molecule has 3 aromatic rings. The predicted molar refractivity (Wildman–Crippen MR) is 104 cm³/mol. The molecular weight excluding hydrogens is 354 g/mol. The zero-order chi connectivity index (χ0) is 19.7. The molecular formula is C23H17NO4. The highest BCUT2D eigenvalue weighted by atomic mass is 16.5. The first kappa shape index (κ1) is 17.7. The molecule has 0 unspecified atom stereocenters. The number of aryl methyl sites for hydroxylation is 2. The van der Waals surface area contributed by atoms with Crippen molar-refractivity contribution in [1.82, 2.24) is 4.98 Å². The van der Waals surface area contributed by atoms with Gasteiger partial charge in [-0.25, -0.2) is 4.79 Å². The second-order valence-corrected chi connectivity index (χ2v) is 6.54. The lowest BCUT2D eigenvalue weighted by Gasteiger charge is -2.09. The number of carbonyl (C=O) groups excluding carboxylic acids is 2. The molecule has 0 aliphatic carbocycles. The number of nitrogens with zero attached hydrogens (tertiary/aromatic N) is 1. The van der Waals surface area contributed by atoms with E-state index in [-0.39, 0.29) is 11.5 Å². The van der Waals surface area contributed by atoms with Crippen LogP contribution in [0.2, 0.25) is 0 Å². The van der Waals surface area contributed by atoms with Gasteiger partial charge in [0.2, 0.25) is 5.78 Å². The van der Waals surface area contributed by atoms with Gasteiger partial charge in [0.15, 0.2) is 5.76 Å². The number of fused-ring (bicyclic) bond motifs is 1. The summed E-state index contributed by atoms with van der Waals surface area (Å²) in [5.41, 5.74) is 3.31. The highest BCUT2D eigenvalue weighted by molar-refractivity contribution is 6.15. The lowest BCUT2D eigenvalue weighted by atomic mass is 10.0. The van der Waals surface area contributed by atoms with E-state index in [2.05, 4.69) is 4.98 Å². The summed E-state index contributed by atoms with van der Waals surface area (Å²) < 4.78 is 11.3. The third kappa shape index (κ3) is 3.30. The summed E-state index contributed by atoms with van der Waals surface area (Å²) >= 11 is 0. The molecule has 4 rings (SSSR count). The van der Waals surface area contributed by atoms with Gasteiger partial charge in [-0.3, -0.25) is 9.78 Å². The fraction of sp³-hybridized carbons (Fsp3) is 0.0870. The topological polar surface area (TPSA) is 65.5 Å². The molecule has 0 atom stereocenters. The zero-order valence-electron chi connectivity index (χ0n) is 15.4. The highest BCUT2D eigenvalue weighted by Gasteiger charge is 2.30. The first-order valence-corrected chi connectivity index (χ1v) is 8.79. The third-order valence-electron chi connectivity index (χ3n) is 4.52. The molecule has 0 N–H and O–H groups in total. The van der Waals surface area contributed by atoms with E-state index < -0.39 is 5.97 Å². The monoisotopic (exact) mass is 371 g/mol. The molecule has 1 aromatic heterocycles. The van der Waals surface area contributed by atoms with Crippen LogP contribution in [0.1, 0.15) is 37.4 Å². The van der Waals surface area contributed by atoms with Crippen LogP contribution in [-0.4, -0.2) is 16.7 Å². The fourth-order valence-corrected chi connectivity index (χ4v) is 3.11. The van der Waals surface area contributed by atoms with Crippen molar-refractivity contribution in [2.24, 2.45) is 0 Å². The van der Waals surface area contributed by atoms with E-state index in [4.69, 9.17) is 9.47 Å². The van der Waals surface area contributed by atoms with Gasteiger partial charge in [0, 0.05) is 18.5 Å². The number of ether oxygens (including phenoxy) is 2. The van der Waals surface area contributed by atoms with Gasteiger partial charge in [-0.1, -0.05) is 18.2 Å². The van der Waals surface area contributed by atoms with Crippen LogP contribution in [0, 0.1) is 13.8 Å². The van der Waals surface area contributed by atoms with Crippen molar-refractivity contribution in [2.75, 3.05) is 0 Å². The summed E-state index contributed by atoms with van der Waals surface area (Å²) in [6.07, 6.45) is 4.96. The quantitative estimate of drug-likeness (QED) is 0.384.